The number of nitrogens with one attached hydrogen (secondary N) is 1. The average molecular weight is 646 g/mol. The minimum absolute atomic E-state index is 0.0276. The third-order valence-electron chi connectivity index (χ3n) is 12.5. The third-order valence-corrected chi connectivity index (χ3v) is 12.5. The zero-order chi connectivity index (χ0) is 33.2. The molecule has 8 heteroatoms. The van der Waals surface area contributed by atoms with Crippen molar-refractivity contribution in [2.45, 2.75) is 109 Å². The second-order valence-corrected chi connectivity index (χ2v) is 16.2. The van der Waals surface area contributed by atoms with Gasteiger partial charge in [0.15, 0.2) is 5.79 Å². The molecule has 4 fully saturated rings. The van der Waals surface area contributed by atoms with Gasteiger partial charge in [0.25, 0.3) is 0 Å². The number of benzene rings is 2. The first kappa shape index (κ1) is 32.6. The van der Waals surface area contributed by atoms with Crippen LogP contribution in [0.2, 0.25) is 0 Å². The summed E-state index contributed by atoms with van der Waals surface area (Å²) in [6.45, 7) is 10.1. The second-order valence-electron chi connectivity index (χ2n) is 16.2. The average Bonchev–Trinajstić information content (AvgIpc) is 3.29. The molecule has 0 aromatic heterocycles. The highest BCUT2D eigenvalue weighted by atomic mass is 16.7. The summed E-state index contributed by atoms with van der Waals surface area (Å²) < 4.78 is 23.5. The predicted octanol–water partition coefficient (Wildman–Crippen LogP) is 7.49. The maximum Gasteiger partial charge on any atom is 0.411 e. The number of aliphatic hydroxyl groups is 2. The summed E-state index contributed by atoms with van der Waals surface area (Å²) in [7, 11) is 1.60. The van der Waals surface area contributed by atoms with Crippen molar-refractivity contribution < 1.29 is 34.0 Å². The molecule has 2 aromatic rings. The van der Waals surface area contributed by atoms with E-state index in [-0.39, 0.29) is 23.4 Å². The Morgan fingerprint density at radius 2 is 1.64 bits per heavy atom. The fourth-order valence-electron chi connectivity index (χ4n) is 9.60. The highest BCUT2D eigenvalue weighted by molar-refractivity contribution is 5.84. The SMILES string of the molecule is COc1ccc(NC(=O)OCc2ccc([C@H]3C[C@@]4(C)C(CC[C@]4(C)O)C4CC[C@@]5(O)CC6(CCC5=C43)OCC(C)(C)CO6)cc2)cc1. The first-order valence-electron chi connectivity index (χ1n) is 17.4. The smallest absolute Gasteiger partial charge is 0.411 e. The number of ether oxygens (including phenoxy) is 4. The van der Waals surface area contributed by atoms with Crippen molar-refractivity contribution in [2.24, 2.45) is 22.7 Å². The zero-order valence-electron chi connectivity index (χ0n) is 28.6. The van der Waals surface area contributed by atoms with Crippen LogP contribution in [0.25, 0.3) is 0 Å². The summed E-state index contributed by atoms with van der Waals surface area (Å²) in [6, 6.07) is 15.5. The number of anilines is 1. The Balaban J connectivity index is 1.14. The molecule has 6 atom stereocenters. The lowest BCUT2D eigenvalue weighted by Gasteiger charge is -2.58. The Morgan fingerprint density at radius 1 is 0.936 bits per heavy atom. The number of carbonyl (C=O) groups is 1. The molecule has 4 aliphatic carbocycles. The van der Waals surface area contributed by atoms with E-state index >= 15 is 0 Å². The molecule has 254 valence electrons. The van der Waals surface area contributed by atoms with Crippen LogP contribution in [0, 0.1) is 22.7 Å². The molecule has 0 radical (unpaired) electrons. The lowest BCUT2D eigenvalue weighted by molar-refractivity contribution is -0.322. The summed E-state index contributed by atoms with van der Waals surface area (Å²) in [4.78, 5) is 12.5. The molecular formula is C39H51NO7. The van der Waals surface area contributed by atoms with E-state index in [1.165, 1.54) is 16.7 Å². The summed E-state index contributed by atoms with van der Waals surface area (Å²) >= 11 is 0. The van der Waals surface area contributed by atoms with Crippen LogP contribution in [-0.4, -0.2) is 53.6 Å². The number of methoxy groups -OCH3 is 1. The van der Waals surface area contributed by atoms with Crippen molar-refractivity contribution in [3.05, 3.63) is 70.8 Å². The fraction of sp³-hybridized carbons (Fsp3) is 0.615. The summed E-state index contributed by atoms with van der Waals surface area (Å²) in [6.07, 6.45) is 5.71. The van der Waals surface area contributed by atoms with Crippen molar-refractivity contribution >= 4 is 11.8 Å². The number of rotatable bonds is 5. The predicted molar refractivity (Wildman–Crippen MR) is 179 cm³/mol. The molecule has 7 rings (SSSR count). The van der Waals surface area contributed by atoms with Gasteiger partial charge in [-0.05, 0) is 98.2 Å². The van der Waals surface area contributed by atoms with Crippen molar-refractivity contribution in [1.82, 2.24) is 0 Å². The first-order valence-corrected chi connectivity index (χ1v) is 17.4. The molecule has 3 N–H and O–H groups in total. The van der Waals surface area contributed by atoms with E-state index in [0.29, 0.717) is 49.3 Å². The maximum absolute atomic E-state index is 12.5. The number of hydrogen-bond acceptors (Lipinski definition) is 7. The van der Waals surface area contributed by atoms with E-state index in [1.807, 2.05) is 19.1 Å². The van der Waals surface area contributed by atoms with E-state index in [1.54, 1.807) is 31.4 Å². The van der Waals surface area contributed by atoms with Crippen molar-refractivity contribution in [3.8, 4) is 5.75 Å². The van der Waals surface area contributed by atoms with Crippen molar-refractivity contribution in [2.75, 3.05) is 25.6 Å². The Kier molecular flexibility index (Phi) is 8.06. The van der Waals surface area contributed by atoms with Gasteiger partial charge in [-0.3, -0.25) is 5.32 Å². The number of fused-ring (bicyclic) bond motifs is 4. The number of allylic oxidation sites excluding steroid dienone is 1. The fourth-order valence-corrected chi connectivity index (χ4v) is 9.60. The quantitative estimate of drug-likeness (QED) is 0.289. The molecule has 47 heavy (non-hydrogen) atoms. The third kappa shape index (κ3) is 5.79. The van der Waals surface area contributed by atoms with Gasteiger partial charge in [0.2, 0.25) is 0 Å². The van der Waals surface area contributed by atoms with Crippen molar-refractivity contribution in [1.29, 1.82) is 0 Å². The molecule has 8 nitrogen and oxygen atoms in total. The van der Waals surface area contributed by atoms with Crippen LogP contribution in [0.1, 0.15) is 96.1 Å². The highest BCUT2D eigenvalue weighted by Gasteiger charge is 2.63. The molecule has 0 bridgehead atoms. The van der Waals surface area contributed by atoms with Gasteiger partial charge in [-0.25, -0.2) is 4.79 Å². The topological polar surface area (TPSA) is 106 Å². The van der Waals surface area contributed by atoms with Crippen LogP contribution in [0.4, 0.5) is 10.5 Å². The van der Waals surface area contributed by atoms with Gasteiger partial charge in [-0.2, -0.15) is 0 Å². The molecule has 1 aliphatic heterocycles. The molecule has 2 unspecified atom stereocenters. The molecule has 1 amide bonds. The minimum atomic E-state index is -0.955. The first-order chi connectivity index (χ1) is 22.3. The van der Waals surface area contributed by atoms with Crippen LogP contribution in [0.5, 0.6) is 5.75 Å². The molecule has 1 heterocycles. The van der Waals surface area contributed by atoms with E-state index in [9.17, 15) is 15.0 Å². The lowest BCUT2D eigenvalue weighted by atomic mass is 9.50. The van der Waals surface area contributed by atoms with Gasteiger partial charge in [0.1, 0.15) is 12.4 Å². The molecule has 5 aliphatic rings. The van der Waals surface area contributed by atoms with E-state index in [4.69, 9.17) is 18.9 Å². The Labute approximate surface area is 278 Å². The number of carbonyl (C=O) groups excluding carboxylic acids is 1. The van der Waals surface area contributed by atoms with Crippen molar-refractivity contribution in [3.63, 3.8) is 0 Å². The molecule has 2 aromatic carbocycles. The zero-order valence-corrected chi connectivity index (χ0v) is 28.6. The van der Waals surface area contributed by atoms with Gasteiger partial charge in [0, 0.05) is 35.3 Å². The highest BCUT2D eigenvalue weighted by Crippen LogP contribution is 2.67. The Hall–Kier alpha value is -2.91. The Morgan fingerprint density at radius 3 is 2.32 bits per heavy atom. The minimum Gasteiger partial charge on any atom is -0.497 e. The number of amides is 1. The standard InChI is InChI=1S/C39H51NO7/c1-35(2)23-46-39(47-24-35)19-16-32-33-29(14-18-38(32,43)22-39)31-15-17-37(4,42)36(31,3)20-30(33)26-8-6-25(7-9-26)21-45-34(41)40-27-10-12-28(44-5)13-11-27/h6-13,29-31,42-43H,14-24H2,1-5H3,(H,40,41)/t29?,30-,31?,36+,37+,38-/m1/s1. The molecule has 1 saturated heterocycles. The van der Waals surface area contributed by atoms with E-state index in [2.05, 4.69) is 38.2 Å². The molecule has 1 spiro atoms. The Bertz CT molecular complexity index is 1520. The molecular weight excluding hydrogens is 594 g/mol. The van der Waals surface area contributed by atoms with Gasteiger partial charge in [-0.15, -0.1) is 0 Å². The van der Waals surface area contributed by atoms with Crippen LogP contribution in [0.15, 0.2) is 59.7 Å². The summed E-state index contributed by atoms with van der Waals surface area (Å²) in [5, 5.41) is 26.9. The normalized spacial score (nSPS) is 35.4. The van der Waals surface area contributed by atoms with Crippen LogP contribution >= 0.6 is 0 Å². The lowest BCUT2D eigenvalue weighted by Crippen LogP contribution is -2.58. The van der Waals surface area contributed by atoms with Crippen LogP contribution in [-0.2, 0) is 20.8 Å². The maximum atomic E-state index is 12.5. The summed E-state index contributed by atoms with van der Waals surface area (Å²) in [5.41, 5.74) is 3.36. The second kappa shape index (κ2) is 11.6. The molecule has 3 saturated carbocycles. The largest absolute Gasteiger partial charge is 0.497 e. The van der Waals surface area contributed by atoms with Gasteiger partial charge < -0.3 is 29.2 Å². The monoisotopic (exact) mass is 645 g/mol. The van der Waals surface area contributed by atoms with E-state index < -0.39 is 23.1 Å². The number of hydrogen-bond donors (Lipinski definition) is 3. The van der Waals surface area contributed by atoms with Gasteiger partial charge in [0.05, 0.1) is 31.5 Å². The van der Waals surface area contributed by atoms with Gasteiger partial charge in [-0.1, -0.05) is 50.6 Å². The van der Waals surface area contributed by atoms with Crippen LogP contribution in [0.3, 0.4) is 0 Å². The summed E-state index contributed by atoms with van der Waals surface area (Å²) in [5.74, 6) is 0.790. The van der Waals surface area contributed by atoms with Crippen LogP contribution < -0.4 is 10.1 Å². The van der Waals surface area contributed by atoms with E-state index in [0.717, 1.165) is 44.1 Å². The van der Waals surface area contributed by atoms with Gasteiger partial charge >= 0.3 is 6.09 Å².